The van der Waals surface area contributed by atoms with Gasteiger partial charge in [0.15, 0.2) is 0 Å². The first-order valence-corrected chi connectivity index (χ1v) is 9.86. The number of rotatable bonds is 5. The van der Waals surface area contributed by atoms with E-state index in [1.807, 2.05) is 32.9 Å². The summed E-state index contributed by atoms with van der Waals surface area (Å²) in [6.45, 7) is 5.93. The number of nitrogens with zero attached hydrogens (tertiary/aromatic N) is 2. The molecule has 0 aliphatic rings. The third kappa shape index (κ3) is 4.12. The van der Waals surface area contributed by atoms with Crippen molar-refractivity contribution in [1.29, 1.82) is 5.26 Å². The number of fused-ring (bicyclic) bond motifs is 1. The third-order valence-electron chi connectivity index (χ3n) is 5.27. The molecule has 0 radical (unpaired) electrons. The second-order valence-electron chi connectivity index (χ2n) is 7.42. The number of nitriles is 1. The Bertz CT molecular complexity index is 1330. The maximum atomic E-state index is 12.7. The van der Waals surface area contributed by atoms with Crippen molar-refractivity contribution >= 4 is 22.6 Å². The molecule has 6 nitrogen and oxygen atoms in total. The molecule has 0 spiro atoms. The molecule has 0 aliphatic heterocycles. The Balaban J connectivity index is 1.48. The van der Waals surface area contributed by atoms with E-state index in [4.69, 9.17) is 9.15 Å². The molecule has 154 valence electrons. The molecule has 0 saturated carbocycles. The molecule has 0 atom stereocenters. The van der Waals surface area contributed by atoms with Crippen LogP contribution in [0.5, 0.6) is 11.6 Å². The van der Waals surface area contributed by atoms with Gasteiger partial charge in [-0.05, 0) is 67.8 Å². The third-order valence-corrected chi connectivity index (χ3v) is 5.27. The van der Waals surface area contributed by atoms with E-state index in [0.29, 0.717) is 17.0 Å². The van der Waals surface area contributed by atoms with E-state index in [2.05, 4.69) is 16.4 Å². The molecule has 31 heavy (non-hydrogen) atoms. The predicted molar refractivity (Wildman–Crippen MR) is 118 cm³/mol. The maximum Gasteiger partial charge on any atom is 0.237 e. The first-order valence-electron chi connectivity index (χ1n) is 9.86. The summed E-state index contributed by atoms with van der Waals surface area (Å²) in [5, 5.41) is 13.1. The first-order chi connectivity index (χ1) is 15.0. The van der Waals surface area contributed by atoms with Gasteiger partial charge in [-0.25, -0.2) is 4.98 Å². The summed E-state index contributed by atoms with van der Waals surface area (Å²) in [7, 11) is 0. The minimum Gasteiger partial charge on any atom is -0.464 e. The van der Waals surface area contributed by atoms with Crippen molar-refractivity contribution in [2.45, 2.75) is 27.2 Å². The number of amides is 1. The predicted octanol–water partition coefficient (Wildman–Crippen LogP) is 5.60. The van der Waals surface area contributed by atoms with Gasteiger partial charge >= 0.3 is 0 Å². The molecule has 0 aliphatic carbocycles. The van der Waals surface area contributed by atoms with Gasteiger partial charge in [0.25, 0.3) is 0 Å². The number of ether oxygens (including phenoxy) is 1. The molecule has 0 fully saturated rings. The molecule has 4 aromatic rings. The van der Waals surface area contributed by atoms with Crippen molar-refractivity contribution in [1.82, 2.24) is 4.98 Å². The van der Waals surface area contributed by atoms with Gasteiger partial charge in [-0.15, -0.1) is 0 Å². The molecule has 2 aromatic heterocycles. The standard InChI is InChI=1S/C25H21N3O3/c1-15-6-8-21-19(14-30-24(21)17(15)3)12-23(29)28-22-9-7-20(11-16(22)2)31-25-18(13-26)5-4-10-27-25/h4-11,14H,12H2,1-3H3,(H,28,29). The Labute approximate surface area is 180 Å². The fourth-order valence-corrected chi connectivity index (χ4v) is 3.40. The molecule has 6 heteroatoms. The Morgan fingerprint density at radius 3 is 2.77 bits per heavy atom. The van der Waals surface area contributed by atoms with Crippen LogP contribution in [0, 0.1) is 32.1 Å². The zero-order valence-corrected chi connectivity index (χ0v) is 17.5. The molecule has 2 aromatic carbocycles. The fraction of sp³-hybridized carbons (Fsp3) is 0.160. The van der Waals surface area contributed by atoms with Crippen molar-refractivity contribution in [2.24, 2.45) is 0 Å². The van der Waals surface area contributed by atoms with Crippen LogP contribution in [-0.2, 0) is 11.2 Å². The van der Waals surface area contributed by atoms with Gasteiger partial charge in [0.05, 0.1) is 12.7 Å². The van der Waals surface area contributed by atoms with E-state index in [1.165, 1.54) is 0 Å². The Kier molecular flexibility index (Phi) is 5.42. The van der Waals surface area contributed by atoms with Crippen LogP contribution >= 0.6 is 0 Å². The Morgan fingerprint density at radius 1 is 1.16 bits per heavy atom. The lowest BCUT2D eigenvalue weighted by molar-refractivity contribution is -0.115. The van der Waals surface area contributed by atoms with Crippen LogP contribution in [0.25, 0.3) is 11.0 Å². The summed E-state index contributed by atoms with van der Waals surface area (Å²) in [6, 6.07) is 14.7. The van der Waals surface area contributed by atoms with Crippen molar-refractivity contribution in [3.63, 3.8) is 0 Å². The lowest BCUT2D eigenvalue weighted by Gasteiger charge is -2.11. The van der Waals surface area contributed by atoms with Gasteiger partial charge in [-0.1, -0.05) is 12.1 Å². The van der Waals surface area contributed by atoms with E-state index in [0.717, 1.165) is 33.2 Å². The second-order valence-corrected chi connectivity index (χ2v) is 7.42. The van der Waals surface area contributed by atoms with E-state index < -0.39 is 0 Å². The lowest BCUT2D eigenvalue weighted by atomic mass is 10.0. The normalized spacial score (nSPS) is 10.6. The summed E-state index contributed by atoms with van der Waals surface area (Å²) >= 11 is 0. The molecule has 0 bridgehead atoms. The molecular weight excluding hydrogens is 390 g/mol. The average Bonchev–Trinajstić information content (AvgIpc) is 3.16. The van der Waals surface area contributed by atoms with Crippen LogP contribution in [0.15, 0.2) is 59.3 Å². The molecule has 4 rings (SSSR count). The van der Waals surface area contributed by atoms with Gasteiger partial charge in [-0.3, -0.25) is 4.79 Å². The molecule has 2 heterocycles. The summed E-state index contributed by atoms with van der Waals surface area (Å²) in [5.41, 5.74) is 5.81. The van der Waals surface area contributed by atoms with Crippen LogP contribution in [0.2, 0.25) is 0 Å². The Morgan fingerprint density at radius 2 is 2.00 bits per heavy atom. The number of aromatic nitrogens is 1. The van der Waals surface area contributed by atoms with Crippen molar-refractivity contribution < 1.29 is 13.9 Å². The van der Waals surface area contributed by atoms with Gasteiger partial charge in [0.1, 0.15) is 23.0 Å². The van der Waals surface area contributed by atoms with Crippen molar-refractivity contribution in [2.75, 3.05) is 5.32 Å². The number of hydrogen-bond donors (Lipinski definition) is 1. The minimum absolute atomic E-state index is 0.130. The van der Waals surface area contributed by atoms with E-state index in [1.54, 1.807) is 42.8 Å². The molecule has 1 amide bonds. The van der Waals surface area contributed by atoms with Gasteiger partial charge in [0.2, 0.25) is 11.8 Å². The van der Waals surface area contributed by atoms with Gasteiger partial charge < -0.3 is 14.5 Å². The number of anilines is 1. The SMILES string of the molecule is Cc1cc(Oc2ncccc2C#N)ccc1NC(=O)Cc1coc2c(C)c(C)ccc12. The molecule has 0 saturated heterocycles. The quantitative estimate of drug-likeness (QED) is 0.462. The summed E-state index contributed by atoms with van der Waals surface area (Å²) in [4.78, 5) is 16.8. The van der Waals surface area contributed by atoms with Gasteiger partial charge in [0, 0.05) is 22.8 Å². The average molecular weight is 411 g/mol. The number of aryl methyl sites for hydroxylation is 3. The highest BCUT2D eigenvalue weighted by Crippen LogP contribution is 2.29. The number of nitrogens with one attached hydrogen (secondary N) is 1. The number of carbonyl (C=O) groups is 1. The largest absolute Gasteiger partial charge is 0.464 e. The Hall–Kier alpha value is -4.11. The van der Waals surface area contributed by atoms with E-state index in [-0.39, 0.29) is 18.2 Å². The van der Waals surface area contributed by atoms with Crippen molar-refractivity contribution in [3.8, 4) is 17.7 Å². The van der Waals surface area contributed by atoms with Crippen LogP contribution < -0.4 is 10.1 Å². The number of carbonyl (C=O) groups excluding carboxylic acids is 1. The van der Waals surface area contributed by atoms with Crippen LogP contribution in [0.1, 0.15) is 27.8 Å². The van der Waals surface area contributed by atoms with E-state index in [9.17, 15) is 10.1 Å². The number of pyridine rings is 1. The zero-order valence-electron chi connectivity index (χ0n) is 17.5. The van der Waals surface area contributed by atoms with E-state index >= 15 is 0 Å². The molecule has 1 N–H and O–H groups in total. The number of furan rings is 1. The summed E-state index contributed by atoms with van der Waals surface area (Å²) in [5.74, 6) is 0.658. The van der Waals surface area contributed by atoms with Crippen molar-refractivity contribution in [3.05, 3.63) is 82.7 Å². The molecule has 0 unspecified atom stereocenters. The van der Waals surface area contributed by atoms with Crippen LogP contribution in [0.3, 0.4) is 0 Å². The topological polar surface area (TPSA) is 88.1 Å². The van der Waals surface area contributed by atoms with Crippen LogP contribution in [0.4, 0.5) is 5.69 Å². The first kappa shape index (κ1) is 20.2. The summed E-state index contributed by atoms with van der Waals surface area (Å²) in [6.07, 6.45) is 3.44. The zero-order chi connectivity index (χ0) is 22.0. The molecular formula is C25H21N3O3. The number of benzene rings is 2. The number of hydrogen-bond acceptors (Lipinski definition) is 5. The fourth-order valence-electron chi connectivity index (χ4n) is 3.40. The smallest absolute Gasteiger partial charge is 0.237 e. The minimum atomic E-state index is -0.130. The second kappa shape index (κ2) is 8.33. The highest BCUT2D eigenvalue weighted by Gasteiger charge is 2.14. The highest BCUT2D eigenvalue weighted by atomic mass is 16.5. The highest BCUT2D eigenvalue weighted by molar-refractivity contribution is 5.96. The van der Waals surface area contributed by atoms with Gasteiger partial charge in [-0.2, -0.15) is 5.26 Å². The summed E-state index contributed by atoms with van der Waals surface area (Å²) < 4.78 is 11.4. The monoisotopic (exact) mass is 411 g/mol. The maximum absolute atomic E-state index is 12.7. The van der Waals surface area contributed by atoms with Crippen LogP contribution in [-0.4, -0.2) is 10.9 Å². The lowest BCUT2D eigenvalue weighted by Crippen LogP contribution is -2.15.